The molecular weight excluding hydrogens is 357 g/mol. The number of nitrogens with zero attached hydrogens (tertiary/aromatic N) is 1. The van der Waals surface area contributed by atoms with Crippen LogP contribution >= 0.6 is 0 Å². The van der Waals surface area contributed by atoms with E-state index in [0.29, 0.717) is 11.1 Å². The lowest BCUT2D eigenvalue weighted by Crippen LogP contribution is -2.19. The van der Waals surface area contributed by atoms with Crippen molar-refractivity contribution in [1.29, 1.82) is 0 Å². The van der Waals surface area contributed by atoms with Gasteiger partial charge in [0.15, 0.2) is 0 Å². The highest BCUT2D eigenvalue weighted by Crippen LogP contribution is 2.29. The average molecular weight is 372 g/mol. The molecule has 0 aliphatic carbocycles. The maximum Gasteiger partial charge on any atom is 0.416 e. The van der Waals surface area contributed by atoms with Crippen LogP contribution in [0.4, 0.5) is 13.2 Å². The number of hydrazone groups is 1. The molecule has 9 heteroatoms. The van der Waals surface area contributed by atoms with Gasteiger partial charge in [0.2, 0.25) is 0 Å². The first kappa shape index (κ1) is 18.8. The molecule has 0 aromatic heterocycles. The summed E-state index contributed by atoms with van der Waals surface area (Å²) in [6.07, 6.45) is -3.32. The Labute approximate surface area is 143 Å². The minimum Gasteiger partial charge on any atom is -0.495 e. The van der Waals surface area contributed by atoms with Crippen molar-refractivity contribution in [3.8, 4) is 5.75 Å². The Morgan fingerprint density at radius 1 is 1.12 bits per heavy atom. The number of alkyl halides is 3. The van der Waals surface area contributed by atoms with Crippen LogP contribution in [0.3, 0.4) is 0 Å². The molecule has 0 saturated heterocycles. The molecule has 0 fully saturated rings. The predicted molar refractivity (Wildman–Crippen MR) is 87.1 cm³/mol. The molecule has 2 rings (SSSR count). The van der Waals surface area contributed by atoms with E-state index in [0.717, 1.165) is 18.3 Å². The third-order valence-electron chi connectivity index (χ3n) is 3.23. The first-order valence-electron chi connectivity index (χ1n) is 7.00. The summed E-state index contributed by atoms with van der Waals surface area (Å²) < 4.78 is 67.0. The van der Waals surface area contributed by atoms with Crippen LogP contribution in [-0.2, 0) is 16.2 Å². The van der Waals surface area contributed by atoms with Crippen molar-refractivity contribution in [3.05, 3.63) is 59.2 Å². The van der Waals surface area contributed by atoms with Crippen LogP contribution in [0.15, 0.2) is 52.5 Å². The second kappa shape index (κ2) is 7.14. The van der Waals surface area contributed by atoms with Crippen molar-refractivity contribution >= 4 is 16.2 Å². The summed E-state index contributed by atoms with van der Waals surface area (Å²) in [7, 11) is -2.64. The van der Waals surface area contributed by atoms with E-state index in [2.05, 4.69) is 5.10 Å². The highest BCUT2D eigenvalue weighted by atomic mass is 32.2. The first-order chi connectivity index (χ1) is 11.6. The molecule has 0 amide bonds. The lowest BCUT2D eigenvalue weighted by molar-refractivity contribution is -0.137. The van der Waals surface area contributed by atoms with E-state index in [-0.39, 0.29) is 10.6 Å². The zero-order valence-electron chi connectivity index (χ0n) is 13.3. The molecule has 0 bridgehead atoms. The van der Waals surface area contributed by atoms with Crippen LogP contribution in [0.25, 0.3) is 0 Å². The third kappa shape index (κ3) is 4.72. The Morgan fingerprint density at radius 3 is 2.32 bits per heavy atom. The van der Waals surface area contributed by atoms with E-state index in [1.54, 1.807) is 13.0 Å². The number of sulfonamides is 1. The van der Waals surface area contributed by atoms with Crippen LogP contribution < -0.4 is 9.57 Å². The van der Waals surface area contributed by atoms with Crippen LogP contribution in [0.1, 0.15) is 16.7 Å². The lowest BCUT2D eigenvalue weighted by Gasteiger charge is -2.09. The summed E-state index contributed by atoms with van der Waals surface area (Å²) >= 11 is 0. The quantitative estimate of drug-likeness (QED) is 0.647. The fraction of sp³-hybridized carbons (Fsp3) is 0.188. The molecular formula is C16H15F3N2O3S. The van der Waals surface area contributed by atoms with Gasteiger partial charge in [0.1, 0.15) is 10.6 Å². The second-order valence-electron chi connectivity index (χ2n) is 5.13. The summed E-state index contributed by atoms with van der Waals surface area (Å²) in [6.45, 7) is 1.73. The van der Waals surface area contributed by atoms with E-state index in [1.165, 1.54) is 31.4 Å². The summed E-state index contributed by atoms with van der Waals surface area (Å²) in [5.41, 5.74) is 0.231. The first-order valence-corrected chi connectivity index (χ1v) is 8.48. The zero-order chi connectivity index (χ0) is 18.7. The van der Waals surface area contributed by atoms with E-state index < -0.39 is 21.8 Å². The molecule has 25 heavy (non-hydrogen) atoms. The fourth-order valence-corrected chi connectivity index (χ4v) is 3.02. The van der Waals surface area contributed by atoms with Crippen molar-refractivity contribution in [2.24, 2.45) is 5.10 Å². The van der Waals surface area contributed by atoms with Crippen molar-refractivity contribution in [2.45, 2.75) is 18.0 Å². The largest absolute Gasteiger partial charge is 0.495 e. The highest BCUT2D eigenvalue weighted by molar-refractivity contribution is 7.89. The Kier molecular flexibility index (Phi) is 5.36. The van der Waals surface area contributed by atoms with Crippen molar-refractivity contribution in [1.82, 2.24) is 4.83 Å². The molecule has 0 unspecified atom stereocenters. The topological polar surface area (TPSA) is 67.8 Å². The van der Waals surface area contributed by atoms with Gasteiger partial charge in [0, 0.05) is 0 Å². The van der Waals surface area contributed by atoms with Gasteiger partial charge in [-0.1, -0.05) is 18.2 Å². The number of rotatable bonds is 5. The number of benzene rings is 2. The third-order valence-corrected chi connectivity index (χ3v) is 4.48. The molecule has 0 saturated carbocycles. The van der Waals surface area contributed by atoms with E-state index in [4.69, 9.17) is 4.74 Å². The molecule has 0 spiro atoms. The van der Waals surface area contributed by atoms with Gasteiger partial charge < -0.3 is 4.74 Å². The Bertz CT molecular complexity index is 876. The number of ether oxygens (including phenoxy) is 1. The van der Waals surface area contributed by atoms with Gasteiger partial charge in [0.05, 0.1) is 18.9 Å². The van der Waals surface area contributed by atoms with Gasteiger partial charge in [-0.2, -0.15) is 31.5 Å². The van der Waals surface area contributed by atoms with E-state index >= 15 is 0 Å². The predicted octanol–water partition coefficient (Wildman–Crippen LogP) is 3.33. The number of halogens is 3. The van der Waals surface area contributed by atoms with Crippen LogP contribution in [0.5, 0.6) is 5.75 Å². The SMILES string of the molecule is COc1ccc(C)cc1S(=O)(=O)N/N=C/c1ccc(C(F)(F)F)cc1. The van der Waals surface area contributed by atoms with Gasteiger partial charge >= 0.3 is 6.18 Å². The monoisotopic (exact) mass is 372 g/mol. The molecule has 2 aromatic rings. The fourth-order valence-electron chi connectivity index (χ4n) is 1.97. The maximum atomic E-state index is 12.5. The Morgan fingerprint density at radius 2 is 1.76 bits per heavy atom. The summed E-state index contributed by atoms with van der Waals surface area (Å²) in [4.78, 5) is 1.93. The number of methoxy groups -OCH3 is 1. The molecule has 0 heterocycles. The van der Waals surface area contributed by atoms with Crippen molar-refractivity contribution < 1.29 is 26.3 Å². The number of aryl methyl sites for hydroxylation is 1. The number of hydrogen-bond donors (Lipinski definition) is 1. The van der Waals surface area contributed by atoms with Crippen LogP contribution in [0.2, 0.25) is 0 Å². The number of nitrogens with one attached hydrogen (secondary N) is 1. The minimum atomic E-state index is -4.43. The minimum absolute atomic E-state index is 0.0837. The van der Waals surface area contributed by atoms with E-state index in [9.17, 15) is 21.6 Å². The average Bonchev–Trinajstić information content (AvgIpc) is 2.54. The van der Waals surface area contributed by atoms with Crippen LogP contribution in [0, 0.1) is 6.92 Å². The van der Waals surface area contributed by atoms with Gasteiger partial charge in [-0.05, 0) is 42.3 Å². The normalized spacial score (nSPS) is 12.4. The summed E-state index contributed by atoms with van der Waals surface area (Å²) in [6, 6.07) is 8.79. The Balaban J connectivity index is 2.17. The van der Waals surface area contributed by atoms with Gasteiger partial charge in [-0.25, -0.2) is 0 Å². The van der Waals surface area contributed by atoms with E-state index in [1.807, 2.05) is 4.83 Å². The van der Waals surface area contributed by atoms with Crippen molar-refractivity contribution in [2.75, 3.05) is 7.11 Å². The summed E-state index contributed by atoms with van der Waals surface area (Å²) in [5, 5.41) is 3.59. The van der Waals surface area contributed by atoms with Gasteiger partial charge in [0.25, 0.3) is 10.0 Å². The smallest absolute Gasteiger partial charge is 0.416 e. The number of hydrogen-bond acceptors (Lipinski definition) is 4. The molecule has 0 aliphatic heterocycles. The van der Waals surface area contributed by atoms with Gasteiger partial charge in [-0.15, -0.1) is 0 Å². The van der Waals surface area contributed by atoms with Gasteiger partial charge in [-0.3, -0.25) is 0 Å². The molecule has 134 valence electrons. The molecule has 1 N–H and O–H groups in total. The molecule has 5 nitrogen and oxygen atoms in total. The highest BCUT2D eigenvalue weighted by Gasteiger charge is 2.29. The maximum absolute atomic E-state index is 12.5. The van der Waals surface area contributed by atoms with Crippen LogP contribution in [-0.4, -0.2) is 21.7 Å². The lowest BCUT2D eigenvalue weighted by atomic mass is 10.1. The zero-order valence-corrected chi connectivity index (χ0v) is 14.1. The molecule has 0 aliphatic rings. The standard InChI is InChI=1S/C16H15F3N2O3S/c1-11-3-8-14(24-2)15(9-11)25(22,23)21-20-10-12-4-6-13(7-5-12)16(17,18)19/h3-10,21H,1-2H3/b20-10+. The molecule has 2 aromatic carbocycles. The molecule has 0 radical (unpaired) electrons. The second-order valence-corrected chi connectivity index (χ2v) is 6.76. The summed E-state index contributed by atoms with van der Waals surface area (Å²) in [5.74, 6) is 0.155. The Hall–Kier alpha value is -2.55. The van der Waals surface area contributed by atoms with Crippen molar-refractivity contribution in [3.63, 3.8) is 0 Å². The molecule has 0 atom stereocenters.